The van der Waals surface area contributed by atoms with Gasteiger partial charge in [-0.3, -0.25) is 14.6 Å². The lowest BCUT2D eigenvalue weighted by Crippen LogP contribution is -2.47. The van der Waals surface area contributed by atoms with Gasteiger partial charge in [0.25, 0.3) is 0 Å². The number of hydrogen-bond acceptors (Lipinski definition) is 8. The predicted octanol–water partition coefficient (Wildman–Crippen LogP) is 2.86. The van der Waals surface area contributed by atoms with Gasteiger partial charge in [0.2, 0.25) is 17.6 Å². The summed E-state index contributed by atoms with van der Waals surface area (Å²) >= 11 is 1.50. The first-order valence-corrected chi connectivity index (χ1v) is 13.0. The van der Waals surface area contributed by atoms with Gasteiger partial charge in [0.1, 0.15) is 12.6 Å². The number of amides is 2. The zero-order chi connectivity index (χ0) is 25.5. The van der Waals surface area contributed by atoms with E-state index in [0.29, 0.717) is 24.5 Å². The Morgan fingerprint density at radius 1 is 1.14 bits per heavy atom. The van der Waals surface area contributed by atoms with Crippen molar-refractivity contribution < 1.29 is 14.3 Å². The molecule has 3 aromatic heterocycles. The Morgan fingerprint density at radius 2 is 1.97 bits per heavy atom. The minimum absolute atomic E-state index is 0.152. The van der Waals surface area contributed by atoms with Crippen LogP contribution in [0.2, 0.25) is 0 Å². The number of pyridine rings is 1. The van der Waals surface area contributed by atoms with Crippen molar-refractivity contribution in [1.82, 2.24) is 35.4 Å². The van der Waals surface area contributed by atoms with Gasteiger partial charge in [-0.1, -0.05) is 36.4 Å². The third-order valence-electron chi connectivity index (χ3n) is 6.11. The molecule has 1 aliphatic rings. The molecule has 0 radical (unpaired) electrons. The maximum atomic E-state index is 13.7. The van der Waals surface area contributed by atoms with Crippen LogP contribution in [0, 0.1) is 0 Å². The van der Waals surface area contributed by atoms with Crippen molar-refractivity contribution in [3.63, 3.8) is 0 Å². The number of aromatic nitrogens is 5. The third kappa shape index (κ3) is 6.25. The van der Waals surface area contributed by atoms with Crippen LogP contribution < -0.4 is 5.32 Å². The van der Waals surface area contributed by atoms with E-state index in [4.69, 9.17) is 4.74 Å². The van der Waals surface area contributed by atoms with Crippen molar-refractivity contribution >= 4 is 23.2 Å². The molecular formula is C26H27N7O3S. The van der Waals surface area contributed by atoms with Crippen molar-refractivity contribution in [3.05, 3.63) is 83.5 Å². The van der Waals surface area contributed by atoms with E-state index in [0.717, 1.165) is 23.3 Å². The standard InChI is InChI=1S/C26H27N7O3S/c34-23(18-33-30-25(29-31-33)22-9-5-15-37-22)32(17-21-8-4-14-36-21)24(20-10-12-27-13-11-20)26(35)28-16-19-6-2-1-3-7-19/h1-3,5-7,9-13,15,21,24H,4,8,14,16-18H2,(H,28,35). The molecule has 2 atom stereocenters. The number of hydrogen-bond donors (Lipinski definition) is 1. The van der Waals surface area contributed by atoms with E-state index in [-0.39, 0.29) is 31.0 Å². The highest BCUT2D eigenvalue weighted by Crippen LogP contribution is 2.25. The Hall–Kier alpha value is -3.96. The third-order valence-corrected chi connectivity index (χ3v) is 6.97. The van der Waals surface area contributed by atoms with E-state index < -0.39 is 6.04 Å². The number of carbonyl (C=O) groups excluding carboxylic acids is 2. The van der Waals surface area contributed by atoms with Crippen LogP contribution >= 0.6 is 11.3 Å². The smallest absolute Gasteiger partial charge is 0.247 e. The average Bonchev–Trinajstić information content (AvgIpc) is 3.72. The van der Waals surface area contributed by atoms with E-state index in [1.165, 1.54) is 16.1 Å². The lowest BCUT2D eigenvalue weighted by molar-refractivity contribution is -0.143. The summed E-state index contributed by atoms with van der Waals surface area (Å²) in [4.78, 5) is 35.2. The van der Waals surface area contributed by atoms with Gasteiger partial charge in [0.15, 0.2) is 0 Å². The quantitative estimate of drug-likeness (QED) is 0.344. The van der Waals surface area contributed by atoms with E-state index >= 15 is 0 Å². The number of thiophene rings is 1. The molecule has 1 saturated heterocycles. The van der Waals surface area contributed by atoms with Gasteiger partial charge >= 0.3 is 0 Å². The Bertz CT molecular complexity index is 1290. The van der Waals surface area contributed by atoms with E-state index in [1.807, 2.05) is 47.8 Å². The topological polar surface area (TPSA) is 115 Å². The summed E-state index contributed by atoms with van der Waals surface area (Å²) in [5.74, 6) is -0.130. The van der Waals surface area contributed by atoms with Gasteiger partial charge in [-0.25, -0.2) is 0 Å². The molecule has 11 heteroatoms. The second kappa shape index (κ2) is 11.8. The van der Waals surface area contributed by atoms with E-state index in [9.17, 15) is 9.59 Å². The zero-order valence-corrected chi connectivity index (χ0v) is 21.0. The van der Waals surface area contributed by atoms with Crippen molar-refractivity contribution in [2.24, 2.45) is 0 Å². The molecule has 4 heterocycles. The molecule has 0 spiro atoms. The lowest BCUT2D eigenvalue weighted by Gasteiger charge is -2.33. The molecule has 1 N–H and O–H groups in total. The van der Waals surface area contributed by atoms with Gasteiger partial charge in [0, 0.05) is 32.1 Å². The van der Waals surface area contributed by atoms with Gasteiger partial charge in [-0.05, 0) is 52.8 Å². The summed E-state index contributed by atoms with van der Waals surface area (Å²) in [5.41, 5.74) is 1.63. The molecule has 2 amide bonds. The van der Waals surface area contributed by atoms with Crippen LogP contribution in [0.1, 0.15) is 30.0 Å². The maximum Gasteiger partial charge on any atom is 0.247 e. The molecule has 37 heavy (non-hydrogen) atoms. The highest BCUT2D eigenvalue weighted by molar-refractivity contribution is 7.13. The normalized spacial score (nSPS) is 15.8. The van der Waals surface area contributed by atoms with Gasteiger partial charge < -0.3 is 15.0 Å². The molecule has 4 aromatic rings. The van der Waals surface area contributed by atoms with Crippen molar-refractivity contribution in [2.75, 3.05) is 13.2 Å². The second-order valence-electron chi connectivity index (χ2n) is 8.69. The number of nitrogens with one attached hydrogen (secondary N) is 1. The summed E-state index contributed by atoms with van der Waals surface area (Å²) < 4.78 is 5.84. The maximum absolute atomic E-state index is 13.7. The molecule has 0 saturated carbocycles. The van der Waals surface area contributed by atoms with Crippen LogP contribution in [0.15, 0.2) is 72.4 Å². The average molecular weight is 518 g/mol. The van der Waals surface area contributed by atoms with Crippen LogP contribution in [0.4, 0.5) is 0 Å². The van der Waals surface area contributed by atoms with Crippen LogP contribution in [0.3, 0.4) is 0 Å². The monoisotopic (exact) mass is 517 g/mol. The molecule has 1 aliphatic heterocycles. The number of rotatable bonds is 10. The van der Waals surface area contributed by atoms with E-state index in [2.05, 4.69) is 25.7 Å². The molecule has 0 aliphatic carbocycles. The molecule has 2 unspecified atom stereocenters. The first-order valence-electron chi connectivity index (χ1n) is 12.1. The number of ether oxygens (including phenoxy) is 1. The first kappa shape index (κ1) is 24.7. The molecule has 1 aromatic carbocycles. The molecule has 10 nitrogen and oxygen atoms in total. The van der Waals surface area contributed by atoms with Crippen molar-refractivity contribution in [1.29, 1.82) is 0 Å². The Kier molecular flexibility index (Phi) is 7.92. The first-order chi connectivity index (χ1) is 18.2. The van der Waals surface area contributed by atoms with Gasteiger partial charge in [0.05, 0.1) is 11.0 Å². The van der Waals surface area contributed by atoms with Crippen molar-refractivity contribution in [3.8, 4) is 10.7 Å². The largest absolute Gasteiger partial charge is 0.376 e. The summed E-state index contributed by atoms with van der Waals surface area (Å²) in [6.45, 7) is 1.11. The minimum Gasteiger partial charge on any atom is -0.376 e. The number of carbonyl (C=O) groups is 2. The fourth-order valence-electron chi connectivity index (χ4n) is 4.29. The van der Waals surface area contributed by atoms with Crippen LogP contribution in [0.5, 0.6) is 0 Å². The Balaban J connectivity index is 1.40. The lowest BCUT2D eigenvalue weighted by atomic mass is 10.0. The minimum atomic E-state index is -0.872. The second-order valence-corrected chi connectivity index (χ2v) is 9.64. The van der Waals surface area contributed by atoms with Gasteiger partial charge in [-0.15, -0.1) is 21.5 Å². The fourth-order valence-corrected chi connectivity index (χ4v) is 4.93. The summed E-state index contributed by atoms with van der Waals surface area (Å²) in [6, 6.07) is 16.1. The van der Waals surface area contributed by atoms with E-state index in [1.54, 1.807) is 29.4 Å². The SMILES string of the molecule is O=C(NCc1ccccc1)C(c1ccncc1)N(CC1CCCO1)C(=O)Cn1nnc(-c2cccs2)n1. The highest BCUT2D eigenvalue weighted by Gasteiger charge is 2.34. The van der Waals surface area contributed by atoms with Crippen molar-refractivity contribution in [2.45, 2.75) is 38.1 Å². The van der Waals surface area contributed by atoms with Gasteiger partial charge in [-0.2, -0.15) is 4.80 Å². The zero-order valence-electron chi connectivity index (χ0n) is 20.1. The van der Waals surface area contributed by atoms with Crippen LogP contribution in [-0.4, -0.2) is 61.2 Å². The number of tetrazole rings is 1. The molecule has 5 rings (SSSR count). The summed E-state index contributed by atoms with van der Waals surface area (Å²) in [5, 5.41) is 17.5. The predicted molar refractivity (Wildman–Crippen MR) is 137 cm³/mol. The Labute approximate surface area is 218 Å². The molecule has 190 valence electrons. The summed E-state index contributed by atoms with van der Waals surface area (Å²) in [6.07, 6.45) is 4.83. The van der Waals surface area contributed by atoms with Crippen LogP contribution in [0.25, 0.3) is 10.7 Å². The highest BCUT2D eigenvalue weighted by atomic mass is 32.1. The molecule has 0 bridgehead atoms. The molecular weight excluding hydrogens is 490 g/mol. The number of nitrogens with zero attached hydrogens (tertiary/aromatic N) is 6. The number of benzene rings is 1. The van der Waals surface area contributed by atoms with Crippen LogP contribution in [-0.2, 0) is 27.4 Å². The molecule has 1 fully saturated rings. The Morgan fingerprint density at radius 3 is 2.70 bits per heavy atom. The summed E-state index contributed by atoms with van der Waals surface area (Å²) in [7, 11) is 0. The fraction of sp³-hybridized carbons (Fsp3) is 0.308.